The predicted octanol–water partition coefficient (Wildman–Crippen LogP) is -0.466. The molecule has 5 N–H and O–H groups in total. The zero-order valence-electron chi connectivity index (χ0n) is 10.6. The monoisotopic (exact) mass is 277 g/mol. The molecule has 0 aromatic heterocycles. The highest BCUT2D eigenvalue weighted by Crippen LogP contribution is 2.22. The van der Waals surface area contributed by atoms with E-state index in [-0.39, 0.29) is 17.9 Å². The summed E-state index contributed by atoms with van der Waals surface area (Å²) in [6, 6.07) is 9.98. The fourth-order valence-electron chi connectivity index (χ4n) is 1.95. The second-order valence-electron chi connectivity index (χ2n) is 4.19. The van der Waals surface area contributed by atoms with E-state index < -0.39 is 5.03 Å². The molecule has 1 heterocycles. The second kappa shape index (κ2) is 6.59. The highest BCUT2D eigenvalue weighted by Gasteiger charge is 2.26. The number of benzene rings is 1. The fraction of sp³-hybridized carbons (Fsp3) is 0.273. The summed E-state index contributed by atoms with van der Waals surface area (Å²) in [7, 11) is 0. The first-order valence-electron chi connectivity index (χ1n) is 5.98. The molecule has 1 saturated heterocycles. The molecule has 106 valence electrons. The van der Waals surface area contributed by atoms with Crippen molar-refractivity contribution in [3.05, 3.63) is 46.0 Å². The van der Waals surface area contributed by atoms with Gasteiger partial charge in [0.1, 0.15) is 5.10 Å². The van der Waals surface area contributed by atoms with Gasteiger partial charge in [-0.3, -0.25) is 5.43 Å². The molecule has 1 fully saturated rings. The molecule has 20 heavy (non-hydrogen) atoms. The molecular formula is C11H15N7O2. The van der Waals surface area contributed by atoms with Crippen LogP contribution >= 0.6 is 0 Å². The van der Waals surface area contributed by atoms with Crippen LogP contribution < -0.4 is 22.0 Å². The van der Waals surface area contributed by atoms with Crippen molar-refractivity contribution in [3.63, 3.8) is 0 Å². The Hall–Kier alpha value is -2.52. The SMILES string of the molecule is N/C(=N\[N+](=O)[O-])N/N=C/C1CNNC1c1ccccc1. The van der Waals surface area contributed by atoms with Crippen LogP contribution in [0.4, 0.5) is 0 Å². The van der Waals surface area contributed by atoms with Crippen molar-refractivity contribution in [2.45, 2.75) is 6.04 Å². The van der Waals surface area contributed by atoms with E-state index in [1.165, 1.54) is 0 Å². The van der Waals surface area contributed by atoms with E-state index in [2.05, 4.69) is 26.5 Å². The van der Waals surface area contributed by atoms with Crippen molar-refractivity contribution in [2.75, 3.05) is 6.54 Å². The maximum Gasteiger partial charge on any atom is 0.286 e. The van der Waals surface area contributed by atoms with E-state index in [0.29, 0.717) is 6.54 Å². The average molecular weight is 277 g/mol. The molecule has 1 aliphatic rings. The molecule has 2 unspecified atom stereocenters. The van der Waals surface area contributed by atoms with Crippen LogP contribution in [-0.2, 0) is 0 Å². The molecule has 0 spiro atoms. The number of guanidine groups is 1. The summed E-state index contributed by atoms with van der Waals surface area (Å²) in [5, 5.41) is 16.0. The van der Waals surface area contributed by atoms with E-state index in [1.54, 1.807) is 6.21 Å². The van der Waals surface area contributed by atoms with E-state index in [1.807, 2.05) is 30.3 Å². The van der Waals surface area contributed by atoms with Gasteiger partial charge in [0, 0.05) is 18.7 Å². The molecule has 9 heteroatoms. The van der Waals surface area contributed by atoms with Crippen LogP contribution in [0, 0.1) is 16.0 Å². The van der Waals surface area contributed by atoms with Crippen LogP contribution in [0.1, 0.15) is 11.6 Å². The van der Waals surface area contributed by atoms with E-state index in [9.17, 15) is 10.1 Å². The molecule has 9 nitrogen and oxygen atoms in total. The first-order valence-corrected chi connectivity index (χ1v) is 5.98. The quantitative estimate of drug-likeness (QED) is 0.255. The Morgan fingerprint density at radius 3 is 2.95 bits per heavy atom. The van der Waals surface area contributed by atoms with Crippen molar-refractivity contribution in [1.29, 1.82) is 0 Å². The van der Waals surface area contributed by atoms with E-state index in [4.69, 9.17) is 5.73 Å². The molecular weight excluding hydrogens is 262 g/mol. The molecule has 0 bridgehead atoms. The van der Waals surface area contributed by atoms with Gasteiger partial charge in [-0.2, -0.15) is 5.10 Å². The van der Waals surface area contributed by atoms with Crippen molar-refractivity contribution in [2.24, 2.45) is 21.9 Å². The summed E-state index contributed by atoms with van der Waals surface area (Å²) in [6.45, 7) is 0.691. The highest BCUT2D eigenvalue weighted by molar-refractivity contribution is 5.78. The summed E-state index contributed by atoms with van der Waals surface area (Å²) in [4.78, 5) is 10.1. The van der Waals surface area contributed by atoms with Crippen LogP contribution in [0.3, 0.4) is 0 Å². The molecule has 0 amide bonds. The van der Waals surface area contributed by atoms with E-state index in [0.717, 1.165) is 5.56 Å². The molecule has 0 aliphatic carbocycles. The predicted molar refractivity (Wildman–Crippen MR) is 74.1 cm³/mol. The van der Waals surface area contributed by atoms with Gasteiger partial charge in [0.2, 0.25) is 0 Å². The van der Waals surface area contributed by atoms with Gasteiger partial charge in [-0.05, 0) is 5.56 Å². The minimum absolute atomic E-state index is 0.0791. The molecule has 0 radical (unpaired) electrons. The number of hydrazine groups is 1. The number of hydrogen-bond donors (Lipinski definition) is 4. The summed E-state index contributed by atoms with van der Waals surface area (Å²) in [6.07, 6.45) is 1.65. The molecule has 0 saturated carbocycles. The summed E-state index contributed by atoms with van der Waals surface area (Å²) in [5.74, 6) is -0.269. The van der Waals surface area contributed by atoms with E-state index >= 15 is 0 Å². The number of hydrogen-bond acceptors (Lipinski definition) is 5. The summed E-state index contributed by atoms with van der Waals surface area (Å²) in [5.41, 5.74) is 14.9. The summed E-state index contributed by atoms with van der Waals surface area (Å²) >= 11 is 0. The third-order valence-electron chi connectivity index (χ3n) is 2.82. The highest BCUT2D eigenvalue weighted by atomic mass is 16.7. The topological polar surface area (TPSA) is 130 Å². The van der Waals surface area contributed by atoms with Crippen LogP contribution in [0.5, 0.6) is 0 Å². The number of hydrazone groups is 2. The van der Waals surface area contributed by atoms with Gasteiger partial charge in [0.25, 0.3) is 5.96 Å². The normalized spacial score (nSPS) is 23.1. The second-order valence-corrected chi connectivity index (χ2v) is 4.19. The van der Waals surface area contributed by atoms with Gasteiger partial charge < -0.3 is 5.73 Å². The van der Waals surface area contributed by atoms with Gasteiger partial charge in [0.05, 0.1) is 6.04 Å². The minimum atomic E-state index is -0.886. The van der Waals surface area contributed by atoms with Gasteiger partial charge in [0.15, 0.2) is 5.03 Å². The lowest BCUT2D eigenvalue weighted by atomic mass is 9.96. The lowest BCUT2D eigenvalue weighted by molar-refractivity contribution is -0.485. The number of nitrogens with one attached hydrogen (secondary N) is 3. The van der Waals surface area contributed by atoms with Gasteiger partial charge in [-0.1, -0.05) is 30.3 Å². The largest absolute Gasteiger partial charge is 0.363 e. The van der Waals surface area contributed by atoms with Crippen molar-refractivity contribution in [1.82, 2.24) is 16.3 Å². The average Bonchev–Trinajstić information content (AvgIpc) is 2.87. The Morgan fingerprint density at radius 1 is 1.50 bits per heavy atom. The van der Waals surface area contributed by atoms with Crippen LogP contribution in [0.2, 0.25) is 0 Å². The zero-order chi connectivity index (χ0) is 14.4. The molecule has 2 rings (SSSR count). The first kappa shape index (κ1) is 13.9. The van der Waals surface area contributed by atoms with Crippen molar-refractivity contribution in [3.8, 4) is 0 Å². The molecule has 1 aromatic rings. The Balaban J connectivity index is 1.97. The van der Waals surface area contributed by atoms with Crippen molar-refractivity contribution < 1.29 is 5.03 Å². The zero-order valence-corrected chi connectivity index (χ0v) is 10.6. The third-order valence-corrected chi connectivity index (χ3v) is 2.82. The molecule has 1 aliphatic heterocycles. The molecule has 2 atom stereocenters. The third kappa shape index (κ3) is 3.73. The molecule has 1 aromatic carbocycles. The summed E-state index contributed by atoms with van der Waals surface area (Å²) < 4.78 is 0. The number of nitrogens with two attached hydrogens (primary N) is 1. The van der Waals surface area contributed by atoms with Crippen molar-refractivity contribution >= 4 is 12.2 Å². The standard InChI is InChI=1S/C11H15N7O2/c12-11(17-18(19)20)16-14-7-9-6-13-15-10(9)8-4-2-1-3-5-8/h1-5,7,9-10,13,15H,6H2,(H3,12,16,17)/b14-7+. The Labute approximate surface area is 115 Å². The first-order chi connectivity index (χ1) is 9.66. The Bertz CT molecular complexity index is 517. The van der Waals surface area contributed by atoms with Crippen LogP contribution in [0.15, 0.2) is 40.5 Å². The van der Waals surface area contributed by atoms with Gasteiger partial charge >= 0.3 is 0 Å². The lowest BCUT2D eigenvalue weighted by Gasteiger charge is -2.14. The van der Waals surface area contributed by atoms with Crippen LogP contribution in [0.25, 0.3) is 0 Å². The van der Waals surface area contributed by atoms with Crippen LogP contribution in [-0.4, -0.2) is 23.8 Å². The van der Waals surface area contributed by atoms with Gasteiger partial charge in [-0.25, -0.2) is 21.0 Å². The minimum Gasteiger partial charge on any atom is -0.363 e. The maximum absolute atomic E-state index is 10.1. The number of nitrogens with zero attached hydrogens (tertiary/aromatic N) is 3. The Morgan fingerprint density at radius 2 is 2.25 bits per heavy atom. The smallest absolute Gasteiger partial charge is 0.286 e. The number of nitro groups is 1. The van der Waals surface area contributed by atoms with Gasteiger partial charge in [-0.15, -0.1) is 0 Å². The Kier molecular flexibility index (Phi) is 4.58. The number of rotatable bonds is 4. The fourth-order valence-corrected chi connectivity index (χ4v) is 1.95. The maximum atomic E-state index is 10.1. The lowest BCUT2D eigenvalue weighted by Crippen LogP contribution is -2.29.